The normalized spacial score (nSPS) is 17.1. The van der Waals surface area contributed by atoms with Crippen molar-refractivity contribution in [2.45, 2.75) is 18.9 Å². The second kappa shape index (κ2) is 8.57. The van der Waals surface area contributed by atoms with Crippen molar-refractivity contribution in [2.24, 2.45) is 0 Å². The minimum atomic E-state index is -3.29. The number of likely N-dealkylation sites (tertiary alicyclic amines) is 1. The fourth-order valence-corrected chi connectivity index (χ4v) is 4.29. The van der Waals surface area contributed by atoms with E-state index in [9.17, 15) is 13.2 Å². The van der Waals surface area contributed by atoms with Crippen LogP contribution in [0.4, 0.5) is 10.5 Å². The fourth-order valence-electron chi connectivity index (χ4n) is 2.92. The van der Waals surface area contributed by atoms with Crippen molar-refractivity contribution in [3.8, 4) is 11.8 Å². The van der Waals surface area contributed by atoms with Gasteiger partial charge in [-0.25, -0.2) is 17.9 Å². The maximum absolute atomic E-state index is 12.5. The Hall–Kier alpha value is -2.34. The third kappa shape index (κ3) is 6.10. The van der Waals surface area contributed by atoms with Gasteiger partial charge in [0, 0.05) is 30.4 Å². The molecule has 6 nitrogen and oxygen atoms in total. The molecule has 1 saturated heterocycles. The number of nitrogens with zero attached hydrogens (tertiary/aromatic N) is 1. The maximum atomic E-state index is 12.5. The molecule has 0 unspecified atom stereocenters. The van der Waals surface area contributed by atoms with Crippen LogP contribution in [0.2, 0.25) is 0 Å². The quantitative estimate of drug-likeness (QED) is 0.774. The van der Waals surface area contributed by atoms with Gasteiger partial charge < -0.3 is 10.2 Å². The first-order valence-electron chi connectivity index (χ1n) is 8.58. The summed E-state index contributed by atoms with van der Waals surface area (Å²) in [5.41, 5.74) is 1.48. The first-order chi connectivity index (χ1) is 12.9. The van der Waals surface area contributed by atoms with Crippen molar-refractivity contribution < 1.29 is 13.2 Å². The van der Waals surface area contributed by atoms with Gasteiger partial charge in [-0.05, 0) is 42.5 Å². The summed E-state index contributed by atoms with van der Waals surface area (Å²) in [5, 5.41) is 4.85. The number of thiophene rings is 1. The van der Waals surface area contributed by atoms with E-state index in [1.54, 1.807) is 16.2 Å². The lowest BCUT2D eigenvalue weighted by Crippen LogP contribution is -2.50. The summed E-state index contributed by atoms with van der Waals surface area (Å²) in [5.74, 6) is 6.18. The Morgan fingerprint density at radius 3 is 2.85 bits per heavy atom. The van der Waals surface area contributed by atoms with E-state index in [0.29, 0.717) is 18.8 Å². The predicted molar refractivity (Wildman–Crippen MR) is 108 cm³/mol. The van der Waals surface area contributed by atoms with E-state index < -0.39 is 10.0 Å². The predicted octanol–water partition coefficient (Wildman–Crippen LogP) is 2.69. The second-order valence-corrected chi connectivity index (χ2v) is 9.14. The highest BCUT2D eigenvalue weighted by Crippen LogP contribution is 2.15. The first-order valence-corrected chi connectivity index (χ1v) is 11.3. The van der Waals surface area contributed by atoms with Crippen LogP contribution in [0.25, 0.3) is 0 Å². The van der Waals surface area contributed by atoms with Crippen LogP contribution in [0.3, 0.4) is 0 Å². The van der Waals surface area contributed by atoms with Gasteiger partial charge in [0.15, 0.2) is 0 Å². The van der Waals surface area contributed by atoms with Crippen molar-refractivity contribution in [2.75, 3.05) is 24.7 Å². The molecule has 1 aliphatic heterocycles. The molecule has 2 N–H and O–H groups in total. The summed E-state index contributed by atoms with van der Waals surface area (Å²) in [4.78, 5) is 15.2. The van der Waals surface area contributed by atoms with Crippen LogP contribution >= 0.6 is 11.3 Å². The van der Waals surface area contributed by atoms with E-state index >= 15 is 0 Å². The summed E-state index contributed by atoms with van der Waals surface area (Å²) in [7, 11) is -3.29. The molecule has 3 rings (SSSR count). The van der Waals surface area contributed by atoms with Gasteiger partial charge in [-0.2, -0.15) is 0 Å². The summed E-state index contributed by atoms with van der Waals surface area (Å²) >= 11 is 1.58. The van der Waals surface area contributed by atoms with Gasteiger partial charge in [0.25, 0.3) is 0 Å². The van der Waals surface area contributed by atoms with Gasteiger partial charge >= 0.3 is 6.03 Å². The highest BCUT2D eigenvalue weighted by molar-refractivity contribution is 7.88. The van der Waals surface area contributed by atoms with Crippen LogP contribution in [0.5, 0.6) is 0 Å². The summed E-state index contributed by atoms with van der Waals surface area (Å²) in [6.45, 7) is 0.961. The van der Waals surface area contributed by atoms with Gasteiger partial charge in [0.2, 0.25) is 10.0 Å². The molecule has 1 aromatic carbocycles. The smallest absolute Gasteiger partial charge is 0.321 e. The van der Waals surface area contributed by atoms with Crippen molar-refractivity contribution in [3.05, 3.63) is 52.2 Å². The van der Waals surface area contributed by atoms with Crippen LogP contribution in [0, 0.1) is 11.8 Å². The molecule has 0 spiro atoms. The number of urea groups is 1. The molecule has 1 fully saturated rings. The van der Waals surface area contributed by atoms with Crippen molar-refractivity contribution >= 4 is 33.1 Å². The number of nitrogens with one attached hydrogen (secondary N) is 2. The van der Waals surface area contributed by atoms with Crippen LogP contribution in [-0.4, -0.2) is 44.7 Å². The number of hydrogen-bond donors (Lipinski definition) is 2. The number of anilines is 1. The van der Waals surface area contributed by atoms with Gasteiger partial charge in [-0.1, -0.05) is 24.0 Å². The molecule has 2 heterocycles. The number of sulfonamides is 1. The van der Waals surface area contributed by atoms with Gasteiger partial charge in [-0.15, -0.1) is 11.3 Å². The Bertz CT molecular complexity index is 960. The summed E-state index contributed by atoms with van der Waals surface area (Å²) < 4.78 is 25.4. The van der Waals surface area contributed by atoms with Crippen LogP contribution in [0.15, 0.2) is 41.8 Å². The number of rotatable bonds is 3. The molecule has 8 heteroatoms. The Morgan fingerprint density at radius 1 is 1.26 bits per heavy atom. The Balaban J connectivity index is 1.63. The molecule has 27 heavy (non-hydrogen) atoms. The average Bonchev–Trinajstić information content (AvgIpc) is 3.13. The largest absolute Gasteiger partial charge is 0.323 e. The van der Waals surface area contributed by atoms with E-state index in [4.69, 9.17) is 0 Å². The minimum absolute atomic E-state index is 0.238. The Labute approximate surface area is 163 Å². The van der Waals surface area contributed by atoms with E-state index in [-0.39, 0.29) is 12.1 Å². The van der Waals surface area contributed by atoms with Crippen molar-refractivity contribution in [1.29, 1.82) is 0 Å². The Morgan fingerprint density at radius 2 is 2.11 bits per heavy atom. The van der Waals surface area contributed by atoms with Gasteiger partial charge in [0.1, 0.15) is 0 Å². The van der Waals surface area contributed by atoms with Crippen LogP contribution in [0.1, 0.15) is 23.3 Å². The molecule has 1 atom stereocenters. The number of amides is 2. The zero-order valence-corrected chi connectivity index (χ0v) is 16.6. The molecule has 2 aromatic rings. The lowest BCUT2D eigenvalue weighted by atomic mass is 10.1. The van der Waals surface area contributed by atoms with Crippen molar-refractivity contribution in [3.63, 3.8) is 0 Å². The molecular weight excluding hydrogens is 382 g/mol. The lowest BCUT2D eigenvalue weighted by Gasteiger charge is -2.32. The number of carbonyl (C=O) groups is 1. The molecule has 1 aliphatic rings. The molecule has 0 radical (unpaired) electrons. The molecule has 1 aromatic heterocycles. The maximum Gasteiger partial charge on any atom is 0.321 e. The van der Waals surface area contributed by atoms with Crippen molar-refractivity contribution in [1.82, 2.24) is 9.62 Å². The third-order valence-corrected chi connectivity index (χ3v) is 5.60. The SMILES string of the molecule is CS(=O)(=O)N[C@@H]1CCCN(C(=O)Nc2cccc(C#Cc3cccs3)c2)C1. The summed E-state index contributed by atoms with van der Waals surface area (Å²) in [6, 6.07) is 10.8. The number of carbonyl (C=O) groups excluding carboxylic acids is 1. The van der Waals surface area contributed by atoms with E-state index in [2.05, 4.69) is 21.9 Å². The number of hydrogen-bond acceptors (Lipinski definition) is 4. The zero-order valence-electron chi connectivity index (χ0n) is 14.9. The lowest BCUT2D eigenvalue weighted by molar-refractivity contribution is 0.190. The number of benzene rings is 1. The average molecular weight is 404 g/mol. The molecule has 142 valence electrons. The fraction of sp³-hybridized carbons (Fsp3) is 0.316. The highest BCUT2D eigenvalue weighted by Gasteiger charge is 2.25. The standard InChI is InChI=1S/C19H21N3O3S2/c1-27(24,25)21-17-7-3-11-22(14-17)19(23)20-16-6-2-5-15(13-16)9-10-18-8-4-12-26-18/h2,4-6,8,12-13,17,21H,3,7,11,14H2,1H3,(H,20,23)/t17-/m1/s1. The van der Waals surface area contributed by atoms with Crippen LogP contribution in [-0.2, 0) is 10.0 Å². The first kappa shape index (κ1) is 19.4. The molecule has 0 saturated carbocycles. The zero-order chi connectivity index (χ0) is 19.3. The highest BCUT2D eigenvalue weighted by atomic mass is 32.2. The molecular formula is C19H21N3O3S2. The summed E-state index contributed by atoms with van der Waals surface area (Å²) in [6.07, 6.45) is 2.62. The van der Waals surface area contributed by atoms with Gasteiger partial charge in [0.05, 0.1) is 11.1 Å². The minimum Gasteiger partial charge on any atom is -0.323 e. The molecule has 0 aliphatic carbocycles. The third-order valence-electron chi connectivity index (χ3n) is 4.05. The molecule has 2 amide bonds. The molecule has 0 bridgehead atoms. The second-order valence-electron chi connectivity index (χ2n) is 6.41. The van der Waals surface area contributed by atoms with E-state index in [1.807, 2.05) is 41.8 Å². The number of piperidine rings is 1. The van der Waals surface area contributed by atoms with Crippen LogP contribution < -0.4 is 10.0 Å². The topological polar surface area (TPSA) is 78.5 Å². The van der Waals surface area contributed by atoms with Gasteiger partial charge in [-0.3, -0.25) is 0 Å². The van der Waals surface area contributed by atoms with E-state index in [1.165, 1.54) is 0 Å². The Kier molecular flexibility index (Phi) is 6.16. The monoisotopic (exact) mass is 403 g/mol. The van der Waals surface area contributed by atoms with E-state index in [0.717, 1.165) is 29.5 Å².